The van der Waals surface area contributed by atoms with Crippen LogP contribution in [0, 0.1) is 0 Å². The lowest BCUT2D eigenvalue weighted by atomic mass is 10.2. The zero-order valence-electron chi connectivity index (χ0n) is 9.27. The van der Waals surface area contributed by atoms with Crippen LogP contribution < -0.4 is 0 Å². The molecule has 0 aliphatic carbocycles. The monoisotopic (exact) mass is 220 g/mol. The van der Waals surface area contributed by atoms with Gasteiger partial charge in [0.25, 0.3) is 0 Å². The third kappa shape index (κ3) is 5.34. The Morgan fingerprint density at radius 3 is 2.20 bits per heavy atom. The highest BCUT2D eigenvalue weighted by Crippen LogP contribution is 2.15. The van der Waals surface area contributed by atoms with Crippen molar-refractivity contribution in [2.45, 2.75) is 32.2 Å². The number of hydrogen-bond acceptors (Lipinski definition) is 5. The SMILES string of the molecule is COC(=O)[C@@H](CC(=O)O)OC(C)(C)OC. The van der Waals surface area contributed by atoms with Gasteiger partial charge < -0.3 is 19.3 Å². The summed E-state index contributed by atoms with van der Waals surface area (Å²) in [7, 11) is 2.56. The van der Waals surface area contributed by atoms with Gasteiger partial charge in [-0.1, -0.05) is 0 Å². The van der Waals surface area contributed by atoms with Gasteiger partial charge in [0.15, 0.2) is 11.9 Å². The van der Waals surface area contributed by atoms with E-state index in [1.807, 2.05) is 0 Å². The summed E-state index contributed by atoms with van der Waals surface area (Å²) >= 11 is 0. The smallest absolute Gasteiger partial charge is 0.335 e. The Hall–Kier alpha value is -1.14. The number of rotatable bonds is 6. The van der Waals surface area contributed by atoms with Gasteiger partial charge in [0, 0.05) is 7.11 Å². The maximum Gasteiger partial charge on any atom is 0.335 e. The van der Waals surface area contributed by atoms with Crippen molar-refractivity contribution in [1.29, 1.82) is 0 Å². The minimum Gasteiger partial charge on any atom is -0.481 e. The molecule has 0 rings (SSSR count). The van der Waals surface area contributed by atoms with Crippen LogP contribution in [0.25, 0.3) is 0 Å². The molecule has 0 heterocycles. The Morgan fingerprint density at radius 1 is 1.33 bits per heavy atom. The van der Waals surface area contributed by atoms with Gasteiger partial charge in [0.1, 0.15) is 0 Å². The quantitative estimate of drug-likeness (QED) is 0.515. The number of hydrogen-bond donors (Lipinski definition) is 1. The topological polar surface area (TPSA) is 82.1 Å². The van der Waals surface area contributed by atoms with Gasteiger partial charge in [0.2, 0.25) is 0 Å². The predicted octanol–water partition coefficient (Wildman–Crippen LogP) is 0.402. The molecule has 0 aromatic carbocycles. The number of methoxy groups -OCH3 is 2. The van der Waals surface area contributed by atoms with Crippen LogP contribution in [0.3, 0.4) is 0 Å². The van der Waals surface area contributed by atoms with Crippen LogP contribution in [-0.4, -0.2) is 43.2 Å². The van der Waals surface area contributed by atoms with Crippen molar-refractivity contribution in [1.82, 2.24) is 0 Å². The fourth-order valence-electron chi connectivity index (χ4n) is 0.854. The van der Waals surface area contributed by atoms with Crippen LogP contribution in [0.5, 0.6) is 0 Å². The molecule has 0 fully saturated rings. The molecule has 15 heavy (non-hydrogen) atoms. The van der Waals surface area contributed by atoms with Crippen molar-refractivity contribution in [2.75, 3.05) is 14.2 Å². The molecule has 0 amide bonds. The van der Waals surface area contributed by atoms with Gasteiger partial charge in [-0.2, -0.15) is 0 Å². The van der Waals surface area contributed by atoms with E-state index in [4.69, 9.17) is 14.6 Å². The normalized spacial score (nSPS) is 13.3. The number of aliphatic carboxylic acids is 1. The van der Waals surface area contributed by atoms with Gasteiger partial charge in [-0.25, -0.2) is 4.79 Å². The second kappa shape index (κ2) is 5.67. The molecule has 0 aromatic rings. The molecule has 0 spiro atoms. The van der Waals surface area contributed by atoms with Crippen molar-refractivity contribution in [2.24, 2.45) is 0 Å². The first-order valence-corrected chi connectivity index (χ1v) is 4.35. The van der Waals surface area contributed by atoms with Gasteiger partial charge in [-0.3, -0.25) is 4.79 Å². The van der Waals surface area contributed by atoms with E-state index in [9.17, 15) is 9.59 Å². The van der Waals surface area contributed by atoms with Crippen LogP contribution in [-0.2, 0) is 23.8 Å². The summed E-state index contributed by atoms with van der Waals surface area (Å²) < 4.78 is 14.5. The Balaban J connectivity index is 4.50. The molecule has 6 heteroatoms. The minimum absolute atomic E-state index is 0.459. The number of carbonyl (C=O) groups excluding carboxylic acids is 1. The van der Waals surface area contributed by atoms with E-state index in [0.717, 1.165) is 0 Å². The van der Waals surface area contributed by atoms with Crippen molar-refractivity contribution in [3.05, 3.63) is 0 Å². The summed E-state index contributed by atoms with van der Waals surface area (Å²) in [4.78, 5) is 21.7. The molecular weight excluding hydrogens is 204 g/mol. The molecule has 1 atom stereocenters. The van der Waals surface area contributed by atoms with E-state index in [1.54, 1.807) is 13.8 Å². The fourth-order valence-corrected chi connectivity index (χ4v) is 0.854. The lowest BCUT2D eigenvalue weighted by Crippen LogP contribution is -2.38. The summed E-state index contributed by atoms with van der Waals surface area (Å²) in [5, 5.41) is 8.57. The number of carboxylic acid groups (broad SMARTS) is 1. The van der Waals surface area contributed by atoms with E-state index < -0.39 is 30.3 Å². The first-order chi connectivity index (χ1) is 6.82. The van der Waals surface area contributed by atoms with E-state index in [0.29, 0.717) is 0 Å². The molecule has 0 bridgehead atoms. The van der Waals surface area contributed by atoms with Crippen molar-refractivity contribution in [3.63, 3.8) is 0 Å². The van der Waals surface area contributed by atoms with E-state index in [1.165, 1.54) is 14.2 Å². The Morgan fingerprint density at radius 2 is 1.87 bits per heavy atom. The van der Waals surface area contributed by atoms with E-state index in [2.05, 4.69) is 4.74 Å². The van der Waals surface area contributed by atoms with Crippen molar-refractivity contribution < 1.29 is 28.9 Å². The largest absolute Gasteiger partial charge is 0.481 e. The lowest BCUT2D eigenvalue weighted by molar-refractivity contribution is -0.231. The zero-order chi connectivity index (χ0) is 12.1. The molecule has 0 aliphatic rings. The highest BCUT2D eigenvalue weighted by atomic mass is 16.7. The summed E-state index contributed by atoms with van der Waals surface area (Å²) in [5.74, 6) is -2.91. The second-order valence-electron chi connectivity index (χ2n) is 3.33. The fraction of sp³-hybridized carbons (Fsp3) is 0.778. The lowest BCUT2D eigenvalue weighted by Gasteiger charge is -2.27. The molecule has 0 unspecified atom stereocenters. The maximum atomic E-state index is 11.2. The second-order valence-corrected chi connectivity index (χ2v) is 3.33. The first-order valence-electron chi connectivity index (χ1n) is 4.35. The predicted molar refractivity (Wildman–Crippen MR) is 50.2 cm³/mol. The average Bonchev–Trinajstić information content (AvgIpc) is 2.14. The Bertz CT molecular complexity index is 235. The van der Waals surface area contributed by atoms with Gasteiger partial charge in [-0.15, -0.1) is 0 Å². The van der Waals surface area contributed by atoms with Crippen molar-refractivity contribution in [3.8, 4) is 0 Å². The molecule has 0 radical (unpaired) electrons. The summed E-state index contributed by atoms with van der Waals surface area (Å²) in [6.45, 7) is 3.15. The standard InChI is InChI=1S/C9H16O6/c1-9(2,14-4)15-6(5-7(10)11)8(12)13-3/h6H,5H2,1-4H3,(H,10,11)/t6-/m1/s1. The first kappa shape index (κ1) is 13.9. The third-order valence-corrected chi connectivity index (χ3v) is 1.74. The highest BCUT2D eigenvalue weighted by Gasteiger charge is 2.30. The molecule has 0 aliphatic heterocycles. The molecule has 88 valence electrons. The van der Waals surface area contributed by atoms with Crippen LogP contribution in [0.1, 0.15) is 20.3 Å². The van der Waals surface area contributed by atoms with Gasteiger partial charge in [0.05, 0.1) is 13.5 Å². The van der Waals surface area contributed by atoms with Gasteiger partial charge in [-0.05, 0) is 13.8 Å². The molecule has 0 aromatic heterocycles. The minimum atomic E-state index is -1.16. The summed E-state index contributed by atoms with van der Waals surface area (Å²) in [6.07, 6.45) is -1.62. The number of carbonyl (C=O) groups is 2. The molecule has 6 nitrogen and oxygen atoms in total. The molecule has 0 saturated heterocycles. The van der Waals surface area contributed by atoms with Crippen LogP contribution in [0.2, 0.25) is 0 Å². The summed E-state index contributed by atoms with van der Waals surface area (Å²) in [5.41, 5.74) is 0. The number of ether oxygens (including phenoxy) is 3. The third-order valence-electron chi connectivity index (χ3n) is 1.74. The summed E-state index contributed by atoms with van der Waals surface area (Å²) in [6, 6.07) is 0. The zero-order valence-corrected chi connectivity index (χ0v) is 9.27. The molecule has 1 N–H and O–H groups in total. The van der Waals surface area contributed by atoms with Gasteiger partial charge >= 0.3 is 11.9 Å². The van der Waals surface area contributed by atoms with Crippen LogP contribution >= 0.6 is 0 Å². The maximum absolute atomic E-state index is 11.2. The average molecular weight is 220 g/mol. The molecule has 0 saturated carbocycles. The number of carboxylic acids is 1. The van der Waals surface area contributed by atoms with Crippen LogP contribution in [0.15, 0.2) is 0 Å². The molecular formula is C9H16O6. The highest BCUT2D eigenvalue weighted by molar-refractivity contribution is 5.80. The van der Waals surface area contributed by atoms with E-state index >= 15 is 0 Å². The number of esters is 1. The Kier molecular flexibility index (Phi) is 5.24. The van der Waals surface area contributed by atoms with E-state index in [-0.39, 0.29) is 0 Å². The Labute approximate surface area is 88.1 Å². The van der Waals surface area contributed by atoms with Crippen molar-refractivity contribution >= 4 is 11.9 Å². The van der Waals surface area contributed by atoms with Crippen LogP contribution in [0.4, 0.5) is 0 Å².